The quantitative estimate of drug-likeness (QED) is 0.635. The van der Waals surface area contributed by atoms with Crippen LogP contribution in [0.25, 0.3) is 0 Å². The predicted molar refractivity (Wildman–Crippen MR) is 66.4 cm³/mol. The van der Waals surface area contributed by atoms with Crippen LogP contribution in [0.3, 0.4) is 0 Å². The average molecular weight is 320 g/mol. The summed E-state index contributed by atoms with van der Waals surface area (Å²) in [6.07, 6.45) is 0. The third kappa shape index (κ3) is 2.84. The normalized spacial score (nSPS) is 9.87. The predicted octanol–water partition coefficient (Wildman–Crippen LogP) is 2.78. The lowest BCUT2D eigenvalue weighted by Crippen LogP contribution is -2.06. The van der Waals surface area contributed by atoms with E-state index in [1.807, 2.05) is 19.9 Å². The minimum Gasteiger partial charge on any atom is -0.493 e. The molecule has 4 heteroatoms. The van der Waals surface area contributed by atoms with Gasteiger partial charge in [0.2, 0.25) is 0 Å². The van der Waals surface area contributed by atoms with E-state index in [9.17, 15) is 4.79 Å². The highest BCUT2D eigenvalue weighted by molar-refractivity contribution is 14.1. The first-order chi connectivity index (χ1) is 7.10. The van der Waals surface area contributed by atoms with Gasteiger partial charge in [0.1, 0.15) is 11.3 Å². The zero-order valence-electron chi connectivity index (χ0n) is 8.96. The number of carbonyl (C=O) groups is 1. The number of hydrogen-bond donors (Lipinski definition) is 0. The summed E-state index contributed by atoms with van der Waals surface area (Å²) in [6, 6.07) is 3.64. The fourth-order valence-corrected chi connectivity index (χ4v) is 1.67. The molecule has 15 heavy (non-hydrogen) atoms. The standard InChI is InChI=1S/C11H13IO3/c1-4-15-10-5-7(2)9(12)6-8(10)11(13)14-3/h5-6H,4H2,1-3H3. The van der Waals surface area contributed by atoms with Crippen LogP contribution in [0.2, 0.25) is 0 Å². The van der Waals surface area contributed by atoms with Crippen molar-refractivity contribution in [2.75, 3.05) is 13.7 Å². The number of carbonyl (C=O) groups excluding carboxylic acids is 1. The van der Waals surface area contributed by atoms with Crippen molar-refractivity contribution in [3.05, 3.63) is 26.8 Å². The molecule has 0 fully saturated rings. The SMILES string of the molecule is CCOc1cc(C)c(I)cc1C(=O)OC. The molecule has 0 heterocycles. The zero-order valence-corrected chi connectivity index (χ0v) is 11.1. The average Bonchev–Trinajstić information content (AvgIpc) is 2.22. The Balaban J connectivity index is 3.21. The van der Waals surface area contributed by atoms with Gasteiger partial charge in [0, 0.05) is 3.57 Å². The summed E-state index contributed by atoms with van der Waals surface area (Å²) in [5.74, 6) is 0.221. The Bertz CT molecular complexity index is 374. The van der Waals surface area contributed by atoms with Gasteiger partial charge in [0.05, 0.1) is 13.7 Å². The maximum Gasteiger partial charge on any atom is 0.341 e. The molecule has 1 rings (SSSR count). The largest absolute Gasteiger partial charge is 0.493 e. The molecule has 0 aliphatic rings. The fraction of sp³-hybridized carbons (Fsp3) is 0.364. The Hall–Kier alpha value is -0.780. The summed E-state index contributed by atoms with van der Waals surface area (Å²) in [6.45, 7) is 4.39. The molecule has 3 nitrogen and oxygen atoms in total. The highest BCUT2D eigenvalue weighted by atomic mass is 127. The molecule has 0 saturated carbocycles. The lowest BCUT2D eigenvalue weighted by Gasteiger charge is -2.10. The van der Waals surface area contributed by atoms with Crippen molar-refractivity contribution in [1.29, 1.82) is 0 Å². The highest BCUT2D eigenvalue weighted by Gasteiger charge is 2.14. The van der Waals surface area contributed by atoms with Crippen LogP contribution >= 0.6 is 22.6 Å². The van der Waals surface area contributed by atoms with Crippen molar-refractivity contribution in [2.24, 2.45) is 0 Å². The maximum atomic E-state index is 11.5. The topological polar surface area (TPSA) is 35.5 Å². The van der Waals surface area contributed by atoms with Gasteiger partial charge >= 0.3 is 5.97 Å². The molecule has 0 aromatic heterocycles. The third-order valence-electron chi connectivity index (χ3n) is 1.97. The molecule has 0 atom stereocenters. The Kier molecular flexibility index (Phi) is 4.38. The van der Waals surface area contributed by atoms with Crippen LogP contribution in [0.5, 0.6) is 5.75 Å². The number of methoxy groups -OCH3 is 1. The van der Waals surface area contributed by atoms with E-state index in [1.54, 1.807) is 6.07 Å². The van der Waals surface area contributed by atoms with E-state index in [0.29, 0.717) is 17.9 Å². The van der Waals surface area contributed by atoms with Gasteiger partial charge < -0.3 is 9.47 Å². The maximum absolute atomic E-state index is 11.5. The molecule has 0 aliphatic carbocycles. The van der Waals surface area contributed by atoms with Crippen LogP contribution in [0.1, 0.15) is 22.8 Å². The van der Waals surface area contributed by atoms with Crippen molar-refractivity contribution < 1.29 is 14.3 Å². The molecule has 0 radical (unpaired) electrons. The first-order valence-electron chi connectivity index (χ1n) is 4.61. The van der Waals surface area contributed by atoms with Crippen molar-refractivity contribution in [3.8, 4) is 5.75 Å². The second-order valence-electron chi connectivity index (χ2n) is 3.02. The van der Waals surface area contributed by atoms with Gasteiger partial charge in [-0.3, -0.25) is 0 Å². The minimum atomic E-state index is -0.364. The molecular weight excluding hydrogens is 307 g/mol. The van der Waals surface area contributed by atoms with Gasteiger partial charge in [-0.1, -0.05) is 0 Å². The smallest absolute Gasteiger partial charge is 0.341 e. The molecule has 0 bridgehead atoms. The first-order valence-corrected chi connectivity index (χ1v) is 5.69. The molecule has 0 spiro atoms. The Morgan fingerprint density at radius 3 is 2.67 bits per heavy atom. The minimum absolute atomic E-state index is 0.364. The number of benzene rings is 1. The van der Waals surface area contributed by atoms with E-state index in [-0.39, 0.29) is 5.97 Å². The molecule has 0 amide bonds. The molecule has 0 unspecified atom stereocenters. The van der Waals surface area contributed by atoms with Crippen LogP contribution in [0, 0.1) is 10.5 Å². The number of aryl methyl sites for hydroxylation is 1. The lowest BCUT2D eigenvalue weighted by molar-refractivity contribution is 0.0596. The second kappa shape index (κ2) is 5.34. The molecule has 0 N–H and O–H groups in total. The molecule has 82 valence electrons. The summed E-state index contributed by atoms with van der Waals surface area (Å²) in [4.78, 5) is 11.5. The molecule has 0 aliphatic heterocycles. The van der Waals surface area contributed by atoms with E-state index in [2.05, 4.69) is 22.6 Å². The number of halogens is 1. The van der Waals surface area contributed by atoms with E-state index >= 15 is 0 Å². The van der Waals surface area contributed by atoms with Crippen LogP contribution in [-0.4, -0.2) is 19.7 Å². The number of hydrogen-bond acceptors (Lipinski definition) is 3. The van der Waals surface area contributed by atoms with Gasteiger partial charge in [-0.05, 0) is 54.1 Å². The van der Waals surface area contributed by atoms with Crippen LogP contribution in [0.15, 0.2) is 12.1 Å². The molecule has 1 aromatic rings. The molecule has 0 saturated heterocycles. The summed E-state index contributed by atoms with van der Waals surface area (Å²) >= 11 is 2.18. The Labute approximate surface area is 103 Å². The van der Waals surface area contributed by atoms with Crippen molar-refractivity contribution in [3.63, 3.8) is 0 Å². The first kappa shape index (κ1) is 12.3. The third-order valence-corrected chi connectivity index (χ3v) is 3.13. The van der Waals surface area contributed by atoms with Crippen molar-refractivity contribution >= 4 is 28.6 Å². The molecular formula is C11H13IO3. The van der Waals surface area contributed by atoms with E-state index < -0.39 is 0 Å². The Morgan fingerprint density at radius 2 is 2.13 bits per heavy atom. The summed E-state index contributed by atoms with van der Waals surface area (Å²) in [5, 5.41) is 0. The van der Waals surface area contributed by atoms with Gasteiger partial charge in [-0.15, -0.1) is 0 Å². The van der Waals surface area contributed by atoms with Gasteiger partial charge in [0.25, 0.3) is 0 Å². The number of ether oxygens (including phenoxy) is 2. The lowest BCUT2D eigenvalue weighted by atomic mass is 10.1. The number of rotatable bonds is 3. The van der Waals surface area contributed by atoms with E-state index in [0.717, 1.165) is 9.13 Å². The van der Waals surface area contributed by atoms with E-state index in [4.69, 9.17) is 9.47 Å². The Morgan fingerprint density at radius 1 is 1.47 bits per heavy atom. The van der Waals surface area contributed by atoms with Crippen LogP contribution in [-0.2, 0) is 4.74 Å². The highest BCUT2D eigenvalue weighted by Crippen LogP contribution is 2.25. The zero-order chi connectivity index (χ0) is 11.4. The second-order valence-corrected chi connectivity index (χ2v) is 4.18. The van der Waals surface area contributed by atoms with Crippen LogP contribution < -0.4 is 4.74 Å². The number of esters is 1. The molecule has 1 aromatic carbocycles. The summed E-state index contributed by atoms with van der Waals surface area (Å²) in [7, 11) is 1.37. The summed E-state index contributed by atoms with van der Waals surface area (Å²) in [5.41, 5.74) is 1.57. The van der Waals surface area contributed by atoms with E-state index in [1.165, 1.54) is 7.11 Å². The van der Waals surface area contributed by atoms with Gasteiger partial charge in [-0.25, -0.2) is 4.79 Å². The van der Waals surface area contributed by atoms with Gasteiger partial charge in [0.15, 0.2) is 0 Å². The van der Waals surface area contributed by atoms with Crippen molar-refractivity contribution in [1.82, 2.24) is 0 Å². The van der Waals surface area contributed by atoms with Crippen LogP contribution in [0.4, 0.5) is 0 Å². The summed E-state index contributed by atoms with van der Waals surface area (Å²) < 4.78 is 11.1. The van der Waals surface area contributed by atoms with Crippen molar-refractivity contribution in [2.45, 2.75) is 13.8 Å². The van der Waals surface area contributed by atoms with Gasteiger partial charge in [-0.2, -0.15) is 0 Å². The fourth-order valence-electron chi connectivity index (χ4n) is 1.20. The monoisotopic (exact) mass is 320 g/mol.